The van der Waals surface area contributed by atoms with Crippen LogP contribution < -0.4 is 0 Å². The van der Waals surface area contributed by atoms with Crippen LogP contribution >= 0.6 is 11.8 Å². The molecule has 0 aromatic rings. The minimum atomic E-state index is 0.161. The van der Waals surface area contributed by atoms with Crippen molar-refractivity contribution < 1.29 is 4.79 Å². The zero-order valence-corrected chi connectivity index (χ0v) is 6.91. The molecule has 0 amide bonds. The van der Waals surface area contributed by atoms with Gasteiger partial charge in [-0.3, -0.25) is 4.79 Å². The molecule has 1 heterocycles. The van der Waals surface area contributed by atoms with E-state index in [1.54, 1.807) is 0 Å². The first kappa shape index (κ1) is 6.92. The van der Waals surface area contributed by atoms with Crippen molar-refractivity contribution in [3.63, 3.8) is 0 Å². The largest absolute Gasteiger partial charge is 0.288 e. The van der Waals surface area contributed by atoms with Gasteiger partial charge < -0.3 is 0 Å². The van der Waals surface area contributed by atoms with Crippen molar-refractivity contribution in [3.05, 3.63) is 34.1 Å². The minimum absolute atomic E-state index is 0.161. The molecular formula is C9H8OS. The van der Waals surface area contributed by atoms with Gasteiger partial charge in [0.15, 0.2) is 5.78 Å². The second-order valence-corrected chi connectivity index (χ2v) is 3.77. The third-order valence-corrected chi connectivity index (χ3v) is 2.92. The van der Waals surface area contributed by atoms with Gasteiger partial charge in [0.2, 0.25) is 0 Å². The molecule has 2 rings (SSSR count). The van der Waals surface area contributed by atoms with Crippen molar-refractivity contribution in [2.75, 3.05) is 0 Å². The van der Waals surface area contributed by atoms with Gasteiger partial charge in [0.05, 0.1) is 4.91 Å². The number of hydrogen-bond donors (Lipinski definition) is 0. The zero-order chi connectivity index (χ0) is 7.84. The number of rotatable bonds is 0. The molecule has 0 spiro atoms. The van der Waals surface area contributed by atoms with Gasteiger partial charge >= 0.3 is 0 Å². The summed E-state index contributed by atoms with van der Waals surface area (Å²) in [5.74, 6) is 0.161. The molecule has 0 aromatic carbocycles. The SMILES string of the molecule is C=C1SC2=C(CCC=C2)C1=O. The Morgan fingerprint density at radius 2 is 2.36 bits per heavy atom. The molecule has 0 unspecified atom stereocenters. The van der Waals surface area contributed by atoms with Gasteiger partial charge in [0.1, 0.15) is 0 Å². The van der Waals surface area contributed by atoms with E-state index < -0.39 is 0 Å². The highest BCUT2D eigenvalue weighted by molar-refractivity contribution is 8.08. The van der Waals surface area contributed by atoms with Crippen LogP contribution in [0, 0.1) is 0 Å². The van der Waals surface area contributed by atoms with Crippen LogP contribution in [0.5, 0.6) is 0 Å². The molecule has 0 saturated carbocycles. The van der Waals surface area contributed by atoms with Crippen LogP contribution in [-0.2, 0) is 4.79 Å². The van der Waals surface area contributed by atoms with Crippen LogP contribution in [-0.4, -0.2) is 5.78 Å². The molecule has 0 saturated heterocycles. The maximum Gasteiger partial charge on any atom is 0.196 e. The number of Topliss-reactive ketones (excluding diaryl/α,β-unsaturated/α-hetero) is 1. The van der Waals surface area contributed by atoms with Crippen LogP contribution in [0.4, 0.5) is 0 Å². The lowest BCUT2D eigenvalue weighted by Crippen LogP contribution is -1.99. The summed E-state index contributed by atoms with van der Waals surface area (Å²) in [7, 11) is 0. The standard InChI is InChI=1S/C9H8OS/c1-6-9(10)7-4-2-3-5-8(7)11-6/h3,5H,1-2,4H2. The maximum absolute atomic E-state index is 11.3. The maximum atomic E-state index is 11.3. The van der Waals surface area contributed by atoms with Gasteiger partial charge in [0.25, 0.3) is 0 Å². The monoisotopic (exact) mass is 164 g/mol. The smallest absolute Gasteiger partial charge is 0.196 e. The predicted octanol–water partition coefficient (Wildman–Crippen LogP) is 2.42. The van der Waals surface area contributed by atoms with Crippen LogP contribution in [0.25, 0.3) is 0 Å². The van der Waals surface area contributed by atoms with Gasteiger partial charge in [0, 0.05) is 10.5 Å². The second-order valence-electron chi connectivity index (χ2n) is 2.64. The van der Waals surface area contributed by atoms with Crippen LogP contribution in [0.1, 0.15) is 12.8 Å². The Balaban J connectivity index is 2.43. The topological polar surface area (TPSA) is 17.1 Å². The second kappa shape index (κ2) is 2.38. The van der Waals surface area contributed by atoms with E-state index in [1.165, 1.54) is 11.8 Å². The number of allylic oxidation sites excluding steroid dienone is 4. The lowest BCUT2D eigenvalue weighted by molar-refractivity contribution is -0.111. The average molecular weight is 164 g/mol. The van der Waals surface area contributed by atoms with Gasteiger partial charge in [-0.15, -0.1) is 0 Å². The normalized spacial score (nSPS) is 22.9. The fourth-order valence-corrected chi connectivity index (χ4v) is 2.27. The van der Waals surface area contributed by atoms with Crippen LogP contribution in [0.2, 0.25) is 0 Å². The molecule has 11 heavy (non-hydrogen) atoms. The summed E-state index contributed by atoms with van der Waals surface area (Å²) >= 11 is 1.51. The Morgan fingerprint density at radius 3 is 3.09 bits per heavy atom. The highest BCUT2D eigenvalue weighted by atomic mass is 32.2. The van der Waals surface area contributed by atoms with Crippen molar-refractivity contribution in [1.82, 2.24) is 0 Å². The van der Waals surface area contributed by atoms with E-state index in [1.807, 2.05) is 6.08 Å². The van der Waals surface area contributed by atoms with Crippen molar-refractivity contribution in [1.29, 1.82) is 0 Å². The number of ketones is 1. The van der Waals surface area contributed by atoms with Crippen molar-refractivity contribution in [2.45, 2.75) is 12.8 Å². The van der Waals surface area contributed by atoms with Crippen LogP contribution in [0.15, 0.2) is 34.1 Å². The minimum Gasteiger partial charge on any atom is -0.288 e. The predicted molar refractivity (Wildman–Crippen MR) is 47.1 cm³/mol. The summed E-state index contributed by atoms with van der Waals surface area (Å²) < 4.78 is 0. The molecule has 56 valence electrons. The number of hydrogen-bond acceptors (Lipinski definition) is 2. The quantitative estimate of drug-likeness (QED) is 0.511. The molecular weight excluding hydrogens is 156 g/mol. The van der Waals surface area contributed by atoms with E-state index in [2.05, 4.69) is 12.7 Å². The molecule has 2 heteroatoms. The van der Waals surface area contributed by atoms with Gasteiger partial charge in [-0.05, 0) is 12.8 Å². The summed E-state index contributed by atoms with van der Waals surface area (Å²) in [6, 6.07) is 0. The van der Waals surface area contributed by atoms with Crippen molar-refractivity contribution >= 4 is 17.5 Å². The lowest BCUT2D eigenvalue weighted by atomic mass is 10.0. The fourth-order valence-electron chi connectivity index (χ4n) is 1.31. The molecule has 1 nitrogen and oxygen atoms in total. The van der Waals surface area contributed by atoms with E-state index in [-0.39, 0.29) is 5.78 Å². The Labute approximate surface area is 69.9 Å². The van der Waals surface area contributed by atoms with Crippen molar-refractivity contribution in [2.24, 2.45) is 0 Å². The van der Waals surface area contributed by atoms with E-state index in [0.29, 0.717) is 4.91 Å². The first-order valence-electron chi connectivity index (χ1n) is 3.60. The van der Waals surface area contributed by atoms with E-state index in [4.69, 9.17) is 0 Å². The molecule has 0 radical (unpaired) electrons. The number of carbonyl (C=O) groups excluding carboxylic acids is 1. The third-order valence-electron chi connectivity index (χ3n) is 1.89. The third kappa shape index (κ3) is 0.979. The lowest BCUT2D eigenvalue weighted by Gasteiger charge is -2.03. The molecule has 0 fully saturated rings. The van der Waals surface area contributed by atoms with Gasteiger partial charge in [-0.2, -0.15) is 0 Å². The molecule has 2 aliphatic rings. The number of carbonyl (C=O) groups is 1. The Morgan fingerprint density at radius 1 is 1.55 bits per heavy atom. The van der Waals surface area contributed by atoms with Crippen molar-refractivity contribution in [3.8, 4) is 0 Å². The Kier molecular flexibility index (Phi) is 1.50. The molecule has 0 aromatic heterocycles. The highest BCUT2D eigenvalue weighted by Crippen LogP contribution is 2.41. The van der Waals surface area contributed by atoms with Gasteiger partial charge in [-0.1, -0.05) is 30.5 Å². The first-order valence-corrected chi connectivity index (χ1v) is 4.42. The average Bonchev–Trinajstić information content (AvgIpc) is 2.30. The molecule has 1 aliphatic heterocycles. The summed E-state index contributed by atoms with van der Waals surface area (Å²) in [6.45, 7) is 3.70. The summed E-state index contributed by atoms with van der Waals surface area (Å²) in [5, 5.41) is 0. The van der Waals surface area contributed by atoms with Gasteiger partial charge in [-0.25, -0.2) is 0 Å². The zero-order valence-electron chi connectivity index (χ0n) is 6.09. The Hall–Kier alpha value is -0.760. The van der Waals surface area contributed by atoms with Crippen LogP contribution in [0.3, 0.4) is 0 Å². The number of thioether (sulfide) groups is 1. The fraction of sp³-hybridized carbons (Fsp3) is 0.222. The summed E-state index contributed by atoms with van der Waals surface area (Å²) in [6.07, 6.45) is 6.03. The molecule has 0 atom stereocenters. The van der Waals surface area contributed by atoms with E-state index >= 15 is 0 Å². The van der Waals surface area contributed by atoms with E-state index in [9.17, 15) is 4.79 Å². The highest BCUT2D eigenvalue weighted by Gasteiger charge is 2.26. The molecule has 0 bridgehead atoms. The molecule has 0 N–H and O–H groups in total. The molecule has 1 aliphatic carbocycles. The summed E-state index contributed by atoms with van der Waals surface area (Å²) in [4.78, 5) is 13.1. The van der Waals surface area contributed by atoms with E-state index in [0.717, 1.165) is 23.3 Å². The summed E-state index contributed by atoms with van der Waals surface area (Å²) in [5.41, 5.74) is 0.975. The first-order chi connectivity index (χ1) is 5.29. The Bertz CT molecular complexity index is 297.